The summed E-state index contributed by atoms with van der Waals surface area (Å²) in [6.07, 6.45) is 4.04. The average Bonchev–Trinajstić information content (AvgIpc) is 2.86. The van der Waals surface area contributed by atoms with Gasteiger partial charge in [0.2, 0.25) is 10.0 Å². The van der Waals surface area contributed by atoms with Crippen molar-refractivity contribution in [3.05, 3.63) is 24.3 Å². The van der Waals surface area contributed by atoms with E-state index in [1.54, 1.807) is 36.0 Å². The van der Waals surface area contributed by atoms with E-state index in [2.05, 4.69) is 10.4 Å². The summed E-state index contributed by atoms with van der Waals surface area (Å²) in [4.78, 5) is 22.1. The number of nitrogens with zero attached hydrogens (tertiary/aromatic N) is 2. The Balaban J connectivity index is 1.82. The van der Waals surface area contributed by atoms with E-state index in [9.17, 15) is 13.2 Å². The number of hydrogen-bond acceptors (Lipinski definition) is 8. The maximum absolute atomic E-state index is 13.8. The molecule has 192 valence electrons. The molecule has 0 bridgehead atoms. The number of amides is 1. The lowest BCUT2D eigenvalue weighted by Gasteiger charge is -2.35. The second-order valence-corrected chi connectivity index (χ2v) is 11.6. The molecule has 1 aromatic rings. The zero-order valence-electron chi connectivity index (χ0n) is 20.3. The van der Waals surface area contributed by atoms with Gasteiger partial charge in [-0.1, -0.05) is 13.8 Å². The first-order valence-corrected chi connectivity index (χ1v) is 14.5. The van der Waals surface area contributed by atoms with Gasteiger partial charge in [0.05, 0.1) is 18.1 Å². The van der Waals surface area contributed by atoms with E-state index in [-0.39, 0.29) is 17.4 Å². The zero-order chi connectivity index (χ0) is 24.6. The van der Waals surface area contributed by atoms with Crippen molar-refractivity contribution in [2.75, 3.05) is 52.3 Å². The highest BCUT2D eigenvalue weighted by Gasteiger charge is 2.38. The molecule has 0 aliphatic carbocycles. The Morgan fingerprint density at radius 1 is 1.21 bits per heavy atom. The highest BCUT2D eigenvalue weighted by Crippen LogP contribution is 2.25. The first-order chi connectivity index (χ1) is 16.3. The van der Waals surface area contributed by atoms with Gasteiger partial charge >= 0.3 is 0 Å². The normalized spacial score (nSPS) is 21.0. The van der Waals surface area contributed by atoms with Crippen LogP contribution in [0, 0.1) is 5.92 Å². The van der Waals surface area contributed by atoms with Crippen molar-refractivity contribution in [1.29, 1.82) is 0 Å². The van der Waals surface area contributed by atoms with Crippen LogP contribution in [0.3, 0.4) is 0 Å². The number of thioether (sulfide) groups is 1. The van der Waals surface area contributed by atoms with Gasteiger partial charge in [0, 0.05) is 44.1 Å². The van der Waals surface area contributed by atoms with Gasteiger partial charge in [0.15, 0.2) is 6.29 Å². The highest BCUT2D eigenvalue weighted by molar-refractivity contribution is 7.98. The van der Waals surface area contributed by atoms with Crippen LogP contribution in [0.2, 0.25) is 0 Å². The monoisotopic (exact) mass is 515 g/mol. The molecule has 1 unspecified atom stereocenters. The molecule has 2 aliphatic heterocycles. The Bertz CT molecular complexity index is 869. The zero-order valence-corrected chi connectivity index (χ0v) is 21.9. The quantitative estimate of drug-likeness (QED) is 0.354. The van der Waals surface area contributed by atoms with Crippen LogP contribution in [0.4, 0.5) is 0 Å². The summed E-state index contributed by atoms with van der Waals surface area (Å²) >= 11 is 1.54. The van der Waals surface area contributed by atoms with E-state index in [1.165, 1.54) is 4.31 Å². The van der Waals surface area contributed by atoms with E-state index in [0.717, 1.165) is 30.8 Å². The van der Waals surface area contributed by atoms with Gasteiger partial charge in [-0.25, -0.2) is 18.7 Å². The third-order valence-electron chi connectivity index (χ3n) is 6.05. The van der Waals surface area contributed by atoms with Crippen molar-refractivity contribution in [2.45, 2.75) is 55.2 Å². The number of rotatable bonds is 11. The first kappa shape index (κ1) is 27.4. The molecule has 2 aliphatic rings. The van der Waals surface area contributed by atoms with Gasteiger partial charge in [-0.3, -0.25) is 9.69 Å². The van der Waals surface area contributed by atoms with E-state index in [4.69, 9.17) is 14.3 Å². The Labute approximate surface area is 207 Å². The van der Waals surface area contributed by atoms with Crippen molar-refractivity contribution in [3.63, 3.8) is 0 Å². The molecule has 34 heavy (non-hydrogen) atoms. The molecule has 1 aromatic carbocycles. The second kappa shape index (κ2) is 13.2. The van der Waals surface area contributed by atoms with Crippen molar-refractivity contribution < 1.29 is 27.5 Å². The minimum Gasteiger partial charge on any atom is -0.379 e. The lowest BCUT2D eigenvalue weighted by Crippen LogP contribution is -2.55. The van der Waals surface area contributed by atoms with E-state index in [1.807, 2.05) is 20.1 Å². The van der Waals surface area contributed by atoms with Gasteiger partial charge in [-0.05, 0) is 49.3 Å². The fourth-order valence-electron chi connectivity index (χ4n) is 4.11. The predicted octanol–water partition coefficient (Wildman–Crippen LogP) is 2.33. The molecule has 2 atom stereocenters. The summed E-state index contributed by atoms with van der Waals surface area (Å²) < 4.78 is 39.8. The molecule has 0 aromatic heterocycles. The molecule has 1 N–H and O–H groups in total. The molecular formula is C23H37N3O6S2. The average molecular weight is 516 g/mol. The molecule has 9 nitrogen and oxygen atoms in total. The largest absolute Gasteiger partial charge is 0.379 e. The number of hydroxylamine groups is 1. The van der Waals surface area contributed by atoms with Crippen LogP contribution < -0.4 is 5.48 Å². The number of carbonyl (C=O) groups is 1. The highest BCUT2D eigenvalue weighted by atomic mass is 32.2. The van der Waals surface area contributed by atoms with Gasteiger partial charge in [-0.2, -0.15) is 4.31 Å². The Hall–Kier alpha value is -1.21. The number of sulfonamides is 1. The summed E-state index contributed by atoms with van der Waals surface area (Å²) in [5.41, 5.74) is 2.49. The Morgan fingerprint density at radius 2 is 1.91 bits per heavy atom. The number of hydrogen-bond donors (Lipinski definition) is 1. The van der Waals surface area contributed by atoms with Gasteiger partial charge in [0.1, 0.15) is 6.04 Å². The molecule has 2 saturated heterocycles. The van der Waals surface area contributed by atoms with Crippen LogP contribution >= 0.6 is 11.8 Å². The van der Waals surface area contributed by atoms with Gasteiger partial charge < -0.3 is 9.47 Å². The molecular weight excluding hydrogens is 478 g/mol. The smallest absolute Gasteiger partial charge is 0.262 e. The molecule has 11 heteroatoms. The maximum atomic E-state index is 13.8. The SMILES string of the molecule is CSc1ccc(S(=O)(=O)N(CCN2CCOCC2)[C@@H](C(=O)NOC2CCCCO2)C(C)C)cc1. The Kier molecular flexibility index (Phi) is 10.6. The van der Waals surface area contributed by atoms with Crippen LogP contribution in [0.25, 0.3) is 0 Å². The summed E-state index contributed by atoms with van der Waals surface area (Å²) in [7, 11) is -3.94. The molecule has 0 spiro atoms. The predicted molar refractivity (Wildman–Crippen MR) is 131 cm³/mol. The fourth-order valence-corrected chi connectivity index (χ4v) is 6.23. The number of nitrogens with one attached hydrogen (secondary N) is 1. The summed E-state index contributed by atoms with van der Waals surface area (Å²) in [5.74, 6) is -0.767. The van der Waals surface area contributed by atoms with Crippen molar-refractivity contribution in [2.24, 2.45) is 5.92 Å². The molecule has 0 radical (unpaired) electrons. The number of benzene rings is 1. The van der Waals surface area contributed by atoms with Gasteiger partial charge in [0.25, 0.3) is 5.91 Å². The minimum absolute atomic E-state index is 0.169. The second-order valence-electron chi connectivity index (χ2n) is 8.81. The fraction of sp³-hybridized carbons (Fsp3) is 0.696. The topological polar surface area (TPSA) is 97.4 Å². The van der Waals surface area contributed by atoms with E-state index in [0.29, 0.717) is 32.8 Å². The van der Waals surface area contributed by atoms with E-state index >= 15 is 0 Å². The third-order valence-corrected chi connectivity index (χ3v) is 8.68. The lowest BCUT2D eigenvalue weighted by atomic mass is 10.0. The minimum atomic E-state index is -3.94. The Morgan fingerprint density at radius 3 is 2.50 bits per heavy atom. The van der Waals surface area contributed by atoms with Crippen molar-refractivity contribution in [1.82, 2.24) is 14.7 Å². The van der Waals surface area contributed by atoms with Crippen molar-refractivity contribution in [3.8, 4) is 0 Å². The first-order valence-electron chi connectivity index (χ1n) is 11.9. The third kappa shape index (κ3) is 7.39. The molecule has 3 rings (SSSR count). The van der Waals surface area contributed by atoms with Gasteiger partial charge in [-0.15, -0.1) is 11.8 Å². The van der Waals surface area contributed by atoms with Crippen LogP contribution in [0.15, 0.2) is 34.1 Å². The standard InChI is InChI=1S/C23H37N3O6S2/c1-18(2)22(23(27)24-32-21-6-4-5-15-31-21)26(12-11-25-13-16-30-17-14-25)34(28,29)20-9-7-19(33-3)8-10-20/h7-10,18,21-22H,4-6,11-17H2,1-3H3,(H,24,27)/t21?,22-/m1/s1. The summed E-state index contributed by atoms with van der Waals surface area (Å²) in [5, 5.41) is 0. The number of carbonyl (C=O) groups excluding carboxylic acids is 1. The number of ether oxygens (including phenoxy) is 2. The van der Waals surface area contributed by atoms with Crippen LogP contribution in [-0.4, -0.2) is 88.1 Å². The number of morpholine rings is 1. The molecule has 0 saturated carbocycles. The van der Waals surface area contributed by atoms with Crippen molar-refractivity contribution >= 4 is 27.7 Å². The maximum Gasteiger partial charge on any atom is 0.262 e. The van der Waals surface area contributed by atoms with Crippen LogP contribution in [0.5, 0.6) is 0 Å². The van der Waals surface area contributed by atoms with Crippen LogP contribution in [-0.2, 0) is 29.1 Å². The van der Waals surface area contributed by atoms with Crippen LogP contribution in [0.1, 0.15) is 33.1 Å². The van der Waals surface area contributed by atoms with E-state index < -0.39 is 28.3 Å². The molecule has 2 fully saturated rings. The summed E-state index contributed by atoms with van der Waals surface area (Å²) in [6, 6.07) is 5.84. The summed E-state index contributed by atoms with van der Waals surface area (Å²) in [6.45, 7) is 7.66. The molecule has 1 amide bonds. The lowest BCUT2D eigenvalue weighted by molar-refractivity contribution is -0.202. The molecule has 2 heterocycles.